The summed E-state index contributed by atoms with van der Waals surface area (Å²) in [5.74, 6) is 0.753. The van der Waals surface area contributed by atoms with Crippen LogP contribution in [0.3, 0.4) is 0 Å². The van der Waals surface area contributed by atoms with E-state index in [0.717, 1.165) is 17.2 Å². The molecule has 0 bridgehead atoms. The minimum atomic E-state index is 0.652. The van der Waals surface area contributed by atoms with Crippen molar-refractivity contribution in [3.63, 3.8) is 0 Å². The van der Waals surface area contributed by atoms with Crippen molar-refractivity contribution in [1.29, 1.82) is 0 Å². The fourth-order valence-electron chi connectivity index (χ4n) is 1.09. The van der Waals surface area contributed by atoms with Crippen LogP contribution in [0.4, 0.5) is 17.2 Å². The van der Waals surface area contributed by atoms with E-state index < -0.39 is 0 Å². The van der Waals surface area contributed by atoms with Gasteiger partial charge in [-0.25, -0.2) is 4.98 Å². The highest BCUT2D eigenvalue weighted by Gasteiger charge is 2.00. The van der Waals surface area contributed by atoms with Crippen molar-refractivity contribution < 1.29 is 0 Å². The number of nitrogens with two attached hydrogens (primary N) is 1. The third-order valence-corrected chi connectivity index (χ3v) is 1.88. The van der Waals surface area contributed by atoms with E-state index in [2.05, 4.69) is 20.5 Å². The fraction of sp³-hybridized carbons (Fsp3) is 0.111. The number of hydrogen-bond acceptors (Lipinski definition) is 4. The summed E-state index contributed by atoms with van der Waals surface area (Å²) in [6, 6.07) is 3.62. The lowest BCUT2D eigenvalue weighted by Gasteiger charge is -2.03. The van der Waals surface area contributed by atoms with E-state index in [9.17, 15) is 0 Å². The zero-order valence-electron chi connectivity index (χ0n) is 7.78. The summed E-state index contributed by atoms with van der Waals surface area (Å²) in [6.07, 6.45) is 3.32. The maximum absolute atomic E-state index is 5.52. The maximum atomic E-state index is 5.52. The molecule has 0 spiro atoms. The SMILES string of the molecule is Cc1[nH]ncc1Nc1ccc(N)cn1. The highest BCUT2D eigenvalue weighted by Crippen LogP contribution is 2.16. The largest absolute Gasteiger partial charge is 0.397 e. The summed E-state index contributed by atoms with van der Waals surface area (Å²) in [5, 5.41) is 9.85. The summed E-state index contributed by atoms with van der Waals surface area (Å²) < 4.78 is 0. The topological polar surface area (TPSA) is 79.6 Å². The third kappa shape index (κ3) is 1.66. The first-order valence-corrected chi connectivity index (χ1v) is 4.24. The summed E-state index contributed by atoms with van der Waals surface area (Å²) in [6.45, 7) is 1.94. The number of hydrogen-bond donors (Lipinski definition) is 3. The fourth-order valence-corrected chi connectivity index (χ4v) is 1.09. The van der Waals surface area contributed by atoms with Gasteiger partial charge in [0.05, 0.1) is 29.5 Å². The molecule has 4 N–H and O–H groups in total. The van der Waals surface area contributed by atoms with Crippen LogP contribution in [0.25, 0.3) is 0 Å². The summed E-state index contributed by atoms with van der Waals surface area (Å²) in [4.78, 5) is 4.12. The van der Waals surface area contributed by atoms with Gasteiger partial charge in [-0.15, -0.1) is 0 Å². The Kier molecular flexibility index (Phi) is 2.06. The molecule has 5 nitrogen and oxygen atoms in total. The second-order valence-corrected chi connectivity index (χ2v) is 3.01. The van der Waals surface area contributed by atoms with Crippen molar-refractivity contribution in [2.75, 3.05) is 11.1 Å². The van der Waals surface area contributed by atoms with Gasteiger partial charge in [0, 0.05) is 0 Å². The normalized spacial score (nSPS) is 10.1. The van der Waals surface area contributed by atoms with Crippen LogP contribution in [0.5, 0.6) is 0 Å². The zero-order valence-corrected chi connectivity index (χ0v) is 7.78. The van der Waals surface area contributed by atoms with Crippen LogP contribution in [0.2, 0.25) is 0 Å². The van der Waals surface area contributed by atoms with Gasteiger partial charge in [0.1, 0.15) is 5.82 Å². The van der Waals surface area contributed by atoms with Crippen LogP contribution in [0.15, 0.2) is 24.5 Å². The molecule has 0 amide bonds. The van der Waals surface area contributed by atoms with Gasteiger partial charge < -0.3 is 11.1 Å². The number of nitrogens with one attached hydrogen (secondary N) is 2. The first kappa shape index (κ1) is 8.55. The first-order chi connectivity index (χ1) is 6.75. The van der Waals surface area contributed by atoms with E-state index in [1.807, 2.05) is 13.0 Å². The number of rotatable bonds is 2. The highest BCUT2D eigenvalue weighted by molar-refractivity contribution is 5.58. The summed E-state index contributed by atoms with van der Waals surface area (Å²) >= 11 is 0. The molecule has 2 aromatic rings. The third-order valence-electron chi connectivity index (χ3n) is 1.88. The Morgan fingerprint density at radius 2 is 2.21 bits per heavy atom. The highest BCUT2D eigenvalue weighted by atomic mass is 15.1. The van der Waals surface area contributed by atoms with E-state index >= 15 is 0 Å². The molecular weight excluding hydrogens is 178 g/mol. The second kappa shape index (κ2) is 3.37. The molecule has 0 atom stereocenters. The summed E-state index contributed by atoms with van der Waals surface area (Å²) in [5.41, 5.74) is 8.07. The molecule has 0 aliphatic heterocycles. The molecule has 0 fully saturated rings. The van der Waals surface area contributed by atoms with E-state index in [-0.39, 0.29) is 0 Å². The number of aromatic nitrogens is 3. The molecule has 14 heavy (non-hydrogen) atoms. The number of aryl methyl sites for hydroxylation is 1. The Bertz CT molecular complexity index is 417. The average Bonchev–Trinajstić information content (AvgIpc) is 2.56. The number of H-pyrrole nitrogens is 1. The van der Waals surface area contributed by atoms with Crippen molar-refractivity contribution >= 4 is 17.2 Å². The molecule has 2 heterocycles. The van der Waals surface area contributed by atoms with Crippen molar-refractivity contribution in [1.82, 2.24) is 15.2 Å². The molecule has 0 aliphatic rings. The van der Waals surface area contributed by atoms with E-state index in [1.165, 1.54) is 0 Å². The Balaban J connectivity index is 2.19. The van der Waals surface area contributed by atoms with Crippen LogP contribution in [0.1, 0.15) is 5.69 Å². The molecular formula is C9H11N5. The maximum Gasteiger partial charge on any atom is 0.130 e. The van der Waals surface area contributed by atoms with Gasteiger partial charge in [-0.2, -0.15) is 5.10 Å². The predicted molar refractivity (Wildman–Crippen MR) is 55.3 cm³/mol. The molecule has 72 valence electrons. The molecule has 0 radical (unpaired) electrons. The van der Waals surface area contributed by atoms with Crippen LogP contribution in [-0.4, -0.2) is 15.2 Å². The molecule has 2 rings (SSSR count). The first-order valence-electron chi connectivity index (χ1n) is 4.24. The van der Waals surface area contributed by atoms with Crippen molar-refractivity contribution in [3.05, 3.63) is 30.2 Å². The van der Waals surface area contributed by atoms with Crippen molar-refractivity contribution in [3.8, 4) is 0 Å². The lowest BCUT2D eigenvalue weighted by Crippen LogP contribution is -1.94. The number of pyridine rings is 1. The molecule has 0 saturated heterocycles. The Morgan fingerprint density at radius 1 is 1.36 bits per heavy atom. The minimum Gasteiger partial charge on any atom is -0.397 e. The van der Waals surface area contributed by atoms with Gasteiger partial charge >= 0.3 is 0 Å². The van der Waals surface area contributed by atoms with Crippen molar-refractivity contribution in [2.45, 2.75) is 6.92 Å². The Labute approximate surface area is 81.4 Å². The molecule has 0 aromatic carbocycles. The molecule has 0 saturated carbocycles. The van der Waals surface area contributed by atoms with Gasteiger partial charge in [0.2, 0.25) is 0 Å². The van der Waals surface area contributed by atoms with Crippen LogP contribution >= 0.6 is 0 Å². The van der Waals surface area contributed by atoms with Gasteiger partial charge in [-0.3, -0.25) is 5.10 Å². The monoisotopic (exact) mass is 189 g/mol. The van der Waals surface area contributed by atoms with E-state index in [0.29, 0.717) is 5.69 Å². The van der Waals surface area contributed by atoms with Crippen molar-refractivity contribution in [2.24, 2.45) is 0 Å². The number of aromatic amines is 1. The average molecular weight is 189 g/mol. The molecule has 0 unspecified atom stereocenters. The Morgan fingerprint density at radius 3 is 2.79 bits per heavy atom. The number of anilines is 3. The number of nitrogens with zero attached hydrogens (tertiary/aromatic N) is 2. The van der Waals surface area contributed by atoms with E-state index in [4.69, 9.17) is 5.73 Å². The van der Waals surface area contributed by atoms with Crippen LogP contribution in [0, 0.1) is 6.92 Å². The minimum absolute atomic E-state index is 0.652. The lowest BCUT2D eigenvalue weighted by molar-refractivity contribution is 1.05. The molecule has 0 aliphatic carbocycles. The quantitative estimate of drug-likeness (QED) is 0.667. The van der Waals surface area contributed by atoms with Crippen LogP contribution in [-0.2, 0) is 0 Å². The van der Waals surface area contributed by atoms with Crippen LogP contribution < -0.4 is 11.1 Å². The smallest absolute Gasteiger partial charge is 0.130 e. The predicted octanol–water partition coefficient (Wildman–Crippen LogP) is 1.44. The van der Waals surface area contributed by atoms with E-state index in [1.54, 1.807) is 18.5 Å². The van der Waals surface area contributed by atoms with Gasteiger partial charge in [-0.05, 0) is 19.1 Å². The zero-order chi connectivity index (χ0) is 9.97. The number of nitrogen functional groups attached to an aromatic ring is 1. The second-order valence-electron chi connectivity index (χ2n) is 3.01. The summed E-state index contributed by atoms with van der Waals surface area (Å²) in [7, 11) is 0. The Hall–Kier alpha value is -2.04. The molecule has 5 heteroatoms. The lowest BCUT2D eigenvalue weighted by atomic mass is 10.3. The van der Waals surface area contributed by atoms with Gasteiger partial charge in [0.15, 0.2) is 0 Å². The van der Waals surface area contributed by atoms with Gasteiger partial charge in [-0.1, -0.05) is 0 Å². The molecule has 2 aromatic heterocycles. The standard InChI is InChI=1S/C9H11N5/c1-6-8(5-12-14-6)13-9-3-2-7(10)4-11-9/h2-5H,10H2,1H3,(H,11,13)(H,12,14). The van der Waals surface area contributed by atoms with Gasteiger partial charge in [0.25, 0.3) is 0 Å².